The fourth-order valence-corrected chi connectivity index (χ4v) is 25.4. The predicted octanol–water partition coefficient (Wildman–Crippen LogP) is 7.70. The average molecular weight is 591 g/mol. The number of ether oxygens (including phenoxy) is 2. The van der Waals surface area contributed by atoms with E-state index in [-0.39, 0.29) is 11.3 Å². The summed E-state index contributed by atoms with van der Waals surface area (Å²) in [6, 6.07) is 10.6. The first-order valence-corrected chi connectivity index (χ1v) is 21.8. The van der Waals surface area contributed by atoms with Crippen molar-refractivity contribution in [2.75, 3.05) is 14.2 Å². The molecule has 1 aromatic rings. The van der Waals surface area contributed by atoms with Gasteiger partial charge in [0.15, 0.2) is 0 Å². The molecule has 2 rings (SSSR count). The summed E-state index contributed by atoms with van der Waals surface area (Å²) in [5.41, 5.74) is -0.336. The van der Waals surface area contributed by atoms with Crippen molar-refractivity contribution < 1.29 is 19.1 Å². The van der Waals surface area contributed by atoms with Gasteiger partial charge in [-0.3, -0.25) is 0 Å². The quantitative estimate of drug-likeness (QED) is 0.0908. The van der Waals surface area contributed by atoms with Crippen LogP contribution < -0.4 is 0 Å². The summed E-state index contributed by atoms with van der Waals surface area (Å²) in [6.45, 7) is 11.1. The van der Waals surface area contributed by atoms with Gasteiger partial charge in [0.25, 0.3) is 0 Å². The van der Waals surface area contributed by atoms with Crippen LogP contribution in [0.5, 0.6) is 0 Å². The van der Waals surface area contributed by atoms with Crippen LogP contribution in [-0.2, 0) is 24.5 Å². The molecule has 0 unspecified atom stereocenters. The van der Waals surface area contributed by atoms with Gasteiger partial charge in [0.05, 0.1) is 0 Å². The Bertz CT molecular complexity index is 783. The Morgan fingerprint density at radius 3 is 1.83 bits per heavy atom. The molecule has 0 heterocycles. The van der Waals surface area contributed by atoms with Crippen molar-refractivity contribution in [3.8, 4) is 0 Å². The van der Waals surface area contributed by atoms with E-state index in [1.54, 1.807) is 0 Å². The molecule has 2 atom stereocenters. The number of esters is 2. The first-order valence-electron chi connectivity index (χ1n) is 13.7. The maximum absolute atomic E-state index is 13.3. The van der Waals surface area contributed by atoms with E-state index in [1.165, 1.54) is 71.6 Å². The number of carbonyl (C=O) groups is 2. The molecule has 0 bridgehead atoms. The molecule has 0 aliphatic heterocycles. The Morgan fingerprint density at radius 1 is 0.943 bits per heavy atom. The Labute approximate surface area is 218 Å². The van der Waals surface area contributed by atoms with E-state index >= 15 is 0 Å². The summed E-state index contributed by atoms with van der Waals surface area (Å²) < 4.78 is 15.8. The fourth-order valence-electron chi connectivity index (χ4n) is 6.75. The second-order valence-electron chi connectivity index (χ2n) is 10.8. The topological polar surface area (TPSA) is 52.6 Å². The summed E-state index contributed by atoms with van der Waals surface area (Å²) in [7, 11) is 2.76. The molecule has 5 heteroatoms. The van der Waals surface area contributed by atoms with E-state index in [0.717, 1.165) is 4.44 Å². The number of unbranched alkanes of at least 4 members (excludes halogenated alkanes) is 3. The van der Waals surface area contributed by atoms with Crippen molar-refractivity contribution in [1.82, 2.24) is 0 Å². The third-order valence-corrected chi connectivity index (χ3v) is 24.6. The Hall–Kier alpha value is -1.30. The number of hydrogen-bond donors (Lipinski definition) is 0. The normalized spacial score (nSPS) is 21.5. The third-order valence-electron chi connectivity index (χ3n) is 8.55. The van der Waals surface area contributed by atoms with Crippen molar-refractivity contribution in [1.29, 1.82) is 0 Å². The number of methoxy groups -OCH3 is 2. The van der Waals surface area contributed by atoms with Crippen LogP contribution in [-0.4, -0.2) is 44.5 Å². The van der Waals surface area contributed by atoms with Crippen molar-refractivity contribution in [2.45, 2.75) is 95.3 Å². The molecule has 1 aliphatic carbocycles. The van der Waals surface area contributed by atoms with Crippen molar-refractivity contribution in [3.05, 3.63) is 48.6 Å². The SMILES string of the molecule is C=C[C@@H]1CC(C(=O)OC)(C(=O)OC)C[C@@]1([CH2][Sn]([CH2]CCC)([CH2]CCC)[CH2]CCC)c1ccccc1. The number of rotatable bonds is 15. The van der Waals surface area contributed by atoms with Gasteiger partial charge in [-0.05, 0) is 0 Å². The Kier molecular flexibility index (Phi) is 11.8. The monoisotopic (exact) mass is 592 g/mol. The van der Waals surface area contributed by atoms with Gasteiger partial charge in [-0.15, -0.1) is 0 Å². The average Bonchev–Trinajstić information content (AvgIpc) is 3.25. The van der Waals surface area contributed by atoms with Gasteiger partial charge >= 0.3 is 219 Å². The van der Waals surface area contributed by atoms with Crippen LogP contribution >= 0.6 is 0 Å². The summed E-state index contributed by atoms with van der Waals surface area (Å²) in [5, 5.41) is 0. The van der Waals surface area contributed by atoms with Gasteiger partial charge in [0.1, 0.15) is 0 Å². The first-order chi connectivity index (χ1) is 16.8. The van der Waals surface area contributed by atoms with E-state index < -0.39 is 35.7 Å². The fraction of sp³-hybridized carbons (Fsp3) is 0.667. The second kappa shape index (κ2) is 13.9. The van der Waals surface area contributed by atoms with Crippen LogP contribution in [0.1, 0.15) is 77.7 Å². The van der Waals surface area contributed by atoms with Gasteiger partial charge in [0, 0.05) is 0 Å². The molecule has 1 saturated carbocycles. The van der Waals surface area contributed by atoms with Crippen LogP contribution in [0.3, 0.4) is 0 Å². The molecule has 4 nitrogen and oxygen atoms in total. The van der Waals surface area contributed by atoms with Crippen LogP contribution in [0.2, 0.25) is 17.7 Å². The minimum atomic E-state index is -2.71. The molecular formula is C30H48O4Sn. The summed E-state index contributed by atoms with van der Waals surface area (Å²) in [5.74, 6) is -0.917. The Balaban J connectivity index is 2.74. The van der Waals surface area contributed by atoms with Gasteiger partial charge in [0.2, 0.25) is 0 Å². The molecule has 1 aliphatic rings. The zero-order valence-corrected chi connectivity index (χ0v) is 25.7. The molecule has 1 fully saturated rings. The van der Waals surface area contributed by atoms with E-state index in [4.69, 9.17) is 9.47 Å². The first kappa shape index (κ1) is 29.9. The van der Waals surface area contributed by atoms with Crippen molar-refractivity contribution in [2.24, 2.45) is 11.3 Å². The molecule has 35 heavy (non-hydrogen) atoms. The summed E-state index contributed by atoms with van der Waals surface area (Å²) in [4.78, 5) is 26.5. The zero-order valence-electron chi connectivity index (χ0n) is 22.9. The van der Waals surface area contributed by atoms with Gasteiger partial charge in [-0.2, -0.15) is 0 Å². The molecule has 0 N–H and O–H groups in total. The number of benzene rings is 1. The second-order valence-corrected chi connectivity index (χ2v) is 24.7. The molecule has 0 radical (unpaired) electrons. The van der Waals surface area contributed by atoms with Crippen LogP contribution in [0.15, 0.2) is 43.0 Å². The van der Waals surface area contributed by atoms with Gasteiger partial charge < -0.3 is 0 Å². The van der Waals surface area contributed by atoms with E-state index in [9.17, 15) is 9.59 Å². The third kappa shape index (κ3) is 6.53. The molecule has 0 amide bonds. The van der Waals surface area contributed by atoms with Crippen molar-refractivity contribution >= 4 is 30.3 Å². The van der Waals surface area contributed by atoms with Gasteiger partial charge in [-0.1, -0.05) is 0 Å². The molecular weight excluding hydrogens is 543 g/mol. The summed E-state index contributed by atoms with van der Waals surface area (Å²) >= 11 is -2.71. The number of allylic oxidation sites excluding steroid dienone is 1. The van der Waals surface area contributed by atoms with Crippen LogP contribution in [0.25, 0.3) is 0 Å². The molecule has 0 saturated heterocycles. The molecule has 196 valence electrons. The maximum atomic E-state index is 13.3. The minimum absolute atomic E-state index is 0.0176. The Morgan fingerprint density at radius 2 is 1.43 bits per heavy atom. The van der Waals surface area contributed by atoms with Crippen LogP contribution in [0, 0.1) is 11.3 Å². The molecule has 0 spiro atoms. The van der Waals surface area contributed by atoms with Crippen molar-refractivity contribution in [3.63, 3.8) is 0 Å². The number of carbonyl (C=O) groups excluding carboxylic acids is 2. The summed E-state index contributed by atoms with van der Waals surface area (Å²) in [6.07, 6.45) is 10.4. The standard InChI is InChI=1S/C18H21O4.3C4H9.Sn/c1-5-13-11-18(15(19)21-3,16(20)22-4)12-17(13,2)14-9-7-6-8-10-14;3*1-3-4-2;/h5-10,13H,1-2,11-12H2,3-4H3;3*1,3-4H2,2H3;/t13-,17-;;;;/m1..../s1. The molecule has 0 aromatic heterocycles. The van der Waals surface area contributed by atoms with Gasteiger partial charge in [-0.25, -0.2) is 0 Å². The zero-order chi connectivity index (χ0) is 26.0. The molecule has 1 aromatic carbocycles. The van der Waals surface area contributed by atoms with E-state index in [0.29, 0.717) is 12.8 Å². The van der Waals surface area contributed by atoms with E-state index in [2.05, 4.69) is 51.6 Å². The van der Waals surface area contributed by atoms with Crippen LogP contribution in [0.4, 0.5) is 0 Å². The van der Waals surface area contributed by atoms with E-state index in [1.807, 2.05) is 12.1 Å². The number of hydrogen-bond acceptors (Lipinski definition) is 4. The predicted molar refractivity (Wildman–Crippen MR) is 147 cm³/mol.